The van der Waals surface area contributed by atoms with Gasteiger partial charge < -0.3 is 5.11 Å². The highest BCUT2D eigenvalue weighted by Gasteiger charge is 2.65. The predicted octanol–water partition coefficient (Wildman–Crippen LogP) is 4.20. The average molecular weight is 390 g/mol. The summed E-state index contributed by atoms with van der Waals surface area (Å²) in [4.78, 5) is 0.344. The lowest BCUT2D eigenvalue weighted by Gasteiger charge is -2.27. The van der Waals surface area contributed by atoms with Gasteiger partial charge in [-0.25, -0.2) is 8.42 Å². The number of aryl methyl sites for hydroxylation is 1. The molecule has 3 rings (SSSR count). The maximum absolute atomic E-state index is 13.3. The number of aliphatic hydroxyl groups is 1. The van der Waals surface area contributed by atoms with Gasteiger partial charge in [0.05, 0.1) is 16.5 Å². The standard InChI is InChI=1S/C22H31NO3S/c1-16-8-10-18(11-9-16)27(25,26)23-20-13-12-19(24)17(2)7-6-14-21(3,4)15-22(20,23)5/h6-11,19-20,24H,2,12-15H2,1,3-5H3/b7-6+/t19-,20?,22?,23?/m1/s1. The van der Waals surface area contributed by atoms with E-state index in [1.54, 1.807) is 16.4 Å². The van der Waals surface area contributed by atoms with Crippen molar-refractivity contribution in [2.24, 2.45) is 5.41 Å². The lowest BCUT2D eigenvalue weighted by molar-refractivity contribution is 0.200. The van der Waals surface area contributed by atoms with Crippen LogP contribution >= 0.6 is 0 Å². The van der Waals surface area contributed by atoms with Gasteiger partial charge in [-0.1, -0.05) is 50.3 Å². The van der Waals surface area contributed by atoms with Gasteiger partial charge in [-0.2, -0.15) is 4.31 Å². The smallest absolute Gasteiger partial charge is 0.243 e. The van der Waals surface area contributed by atoms with Crippen molar-refractivity contribution in [1.29, 1.82) is 0 Å². The maximum atomic E-state index is 13.3. The number of hydrogen-bond donors (Lipinski definition) is 1. The lowest BCUT2D eigenvalue weighted by atomic mass is 9.79. The Morgan fingerprint density at radius 2 is 1.78 bits per heavy atom. The van der Waals surface area contributed by atoms with E-state index in [-0.39, 0.29) is 11.5 Å². The number of sulfonamides is 1. The monoisotopic (exact) mass is 389 g/mol. The fraction of sp³-hybridized carbons (Fsp3) is 0.545. The van der Waals surface area contributed by atoms with Crippen molar-refractivity contribution in [2.45, 2.75) is 76.0 Å². The minimum Gasteiger partial charge on any atom is -0.388 e. The summed E-state index contributed by atoms with van der Waals surface area (Å²) in [5, 5.41) is 10.4. The number of aliphatic hydroxyl groups excluding tert-OH is 1. The van der Waals surface area contributed by atoms with Crippen molar-refractivity contribution in [3.05, 3.63) is 54.1 Å². The van der Waals surface area contributed by atoms with E-state index in [2.05, 4.69) is 26.5 Å². The van der Waals surface area contributed by atoms with Gasteiger partial charge in [0.25, 0.3) is 0 Å². The molecule has 4 atom stereocenters. The van der Waals surface area contributed by atoms with Gasteiger partial charge >= 0.3 is 0 Å². The zero-order valence-electron chi connectivity index (χ0n) is 16.8. The summed E-state index contributed by atoms with van der Waals surface area (Å²) in [5.74, 6) is 0. The molecule has 3 unspecified atom stereocenters. The van der Waals surface area contributed by atoms with Crippen molar-refractivity contribution >= 4 is 10.0 Å². The molecule has 1 aliphatic carbocycles. The maximum Gasteiger partial charge on any atom is 0.243 e. The van der Waals surface area contributed by atoms with Crippen LogP contribution in [0.1, 0.15) is 52.0 Å². The second kappa shape index (κ2) is 6.87. The number of nitrogens with zero attached hydrogens (tertiary/aromatic N) is 1. The van der Waals surface area contributed by atoms with E-state index >= 15 is 0 Å². The minimum absolute atomic E-state index is 0.0450. The molecule has 27 heavy (non-hydrogen) atoms. The second-order valence-corrected chi connectivity index (χ2v) is 10.9. The molecule has 1 aromatic carbocycles. The van der Waals surface area contributed by atoms with Gasteiger partial charge in [0, 0.05) is 6.04 Å². The molecular formula is C22H31NO3S. The summed E-state index contributed by atoms with van der Waals surface area (Å²) < 4.78 is 28.3. The molecule has 0 saturated carbocycles. The zero-order chi connectivity index (χ0) is 20.0. The molecular weight excluding hydrogens is 358 g/mol. The Bertz CT molecular complexity index is 854. The predicted molar refractivity (Wildman–Crippen MR) is 109 cm³/mol. The van der Waals surface area contributed by atoms with Crippen LogP contribution in [0.25, 0.3) is 0 Å². The highest BCUT2D eigenvalue weighted by Crippen LogP contribution is 2.54. The van der Waals surface area contributed by atoms with Gasteiger partial charge in [0.15, 0.2) is 0 Å². The third kappa shape index (κ3) is 3.91. The number of hydrogen-bond acceptors (Lipinski definition) is 3. The van der Waals surface area contributed by atoms with E-state index in [1.165, 1.54) is 0 Å². The summed E-state index contributed by atoms with van der Waals surface area (Å²) in [6.07, 6.45) is 6.08. The van der Waals surface area contributed by atoms with Crippen LogP contribution < -0.4 is 0 Å². The number of benzene rings is 1. The lowest BCUT2D eigenvalue weighted by Crippen LogP contribution is -2.27. The molecule has 1 saturated heterocycles. The molecule has 1 heterocycles. The summed E-state index contributed by atoms with van der Waals surface area (Å²) >= 11 is 0. The first kappa shape index (κ1) is 20.3. The molecule has 4 nitrogen and oxygen atoms in total. The van der Waals surface area contributed by atoms with E-state index in [4.69, 9.17) is 0 Å². The Labute approximate surface area is 163 Å². The normalized spacial score (nSPS) is 35.0. The Morgan fingerprint density at radius 1 is 1.15 bits per heavy atom. The van der Waals surface area contributed by atoms with Crippen LogP contribution in [-0.2, 0) is 10.0 Å². The Hall–Kier alpha value is -1.43. The second-order valence-electron chi connectivity index (χ2n) is 9.10. The SMILES string of the molecule is C=C1/C=C/CC(C)(C)CC2(C)C(CC[C@H]1O)N2S(=O)(=O)c1ccc(C)cc1. The molecule has 0 amide bonds. The van der Waals surface area contributed by atoms with Gasteiger partial charge in [0.1, 0.15) is 0 Å². The quantitative estimate of drug-likeness (QED) is 0.771. The molecule has 1 aromatic rings. The number of rotatable bonds is 2. The Kier molecular flexibility index (Phi) is 5.17. The largest absolute Gasteiger partial charge is 0.388 e. The fourth-order valence-corrected chi connectivity index (χ4v) is 6.60. The Balaban J connectivity index is 1.95. The van der Waals surface area contributed by atoms with Crippen LogP contribution in [0.4, 0.5) is 0 Å². The van der Waals surface area contributed by atoms with Crippen molar-refractivity contribution in [1.82, 2.24) is 4.31 Å². The summed E-state index contributed by atoms with van der Waals surface area (Å²) in [6.45, 7) is 12.3. The topological polar surface area (TPSA) is 57.4 Å². The first-order valence-electron chi connectivity index (χ1n) is 9.62. The minimum atomic E-state index is -3.56. The molecule has 1 N–H and O–H groups in total. The molecule has 0 spiro atoms. The van der Waals surface area contributed by atoms with E-state index < -0.39 is 21.7 Å². The summed E-state index contributed by atoms with van der Waals surface area (Å²) in [6, 6.07) is 6.96. The average Bonchev–Trinajstić information content (AvgIpc) is 3.15. The highest BCUT2D eigenvalue weighted by atomic mass is 32.2. The zero-order valence-corrected chi connectivity index (χ0v) is 17.6. The number of allylic oxidation sites excluding steroid dienone is 1. The van der Waals surface area contributed by atoms with Gasteiger partial charge in [0.2, 0.25) is 10.0 Å². The summed E-state index contributed by atoms with van der Waals surface area (Å²) in [5.41, 5.74) is 1.27. The highest BCUT2D eigenvalue weighted by molar-refractivity contribution is 7.89. The first-order chi connectivity index (χ1) is 12.5. The van der Waals surface area contributed by atoms with E-state index in [0.29, 0.717) is 23.3 Å². The first-order valence-corrected chi connectivity index (χ1v) is 11.1. The van der Waals surface area contributed by atoms with Crippen molar-refractivity contribution in [3.8, 4) is 0 Å². The third-order valence-corrected chi connectivity index (χ3v) is 8.05. The van der Waals surface area contributed by atoms with Crippen LogP contribution in [0.5, 0.6) is 0 Å². The van der Waals surface area contributed by atoms with Crippen molar-refractivity contribution in [3.63, 3.8) is 0 Å². The van der Waals surface area contributed by atoms with Crippen LogP contribution in [0.3, 0.4) is 0 Å². The van der Waals surface area contributed by atoms with Crippen LogP contribution in [0.2, 0.25) is 0 Å². The Morgan fingerprint density at radius 3 is 2.41 bits per heavy atom. The molecule has 5 heteroatoms. The molecule has 0 radical (unpaired) electrons. The molecule has 0 bridgehead atoms. The van der Waals surface area contributed by atoms with E-state index in [9.17, 15) is 13.5 Å². The van der Waals surface area contributed by atoms with Crippen LogP contribution in [0, 0.1) is 12.3 Å². The molecule has 2 aliphatic rings. The third-order valence-electron chi connectivity index (χ3n) is 5.99. The van der Waals surface area contributed by atoms with Crippen LogP contribution in [0.15, 0.2) is 53.5 Å². The number of fused-ring (bicyclic) bond motifs is 1. The molecule has 1 aliphatic heterocycles. The molecule has 1 fully saturated rings. The van der Waals surface area contributed by atoms with Crippen molar-refractivity contribution in [2.75, 3.05) is 0 Å². The fourth-order valence-electron chi connectivity index (χ4n) is 4.54. The van der Waals surface area contributed by atoms with Crippen molar-refractivity contribution < 1.29 is 13.5 Å². The summed E-state index contributed by atoms with van der Waals surface area (Å²) in [7, 11) is -3.56. The molecule has 148 valence electrons. The van der Waals surface area contributed by atoms with Gasteiger partial charge in [-0.15, -0.1) is 0 Å². The van der Waals surface area contributed by atoms with E-state index in [1.807, 2.05) is 32.1 Å². The van der Waals surface area contributed by atoms with Crippen LogP contribution in [-0.4, -0.2) is 35.5 Å². The van der Waals surface area contributed by atoms with E-state index in [0.717, 1.165) is 18.4 Å². The molecule has 0 aromatic heterocycles. The van der Waals surface area contributed by atoms with Gasteiger partial charge in [-0.05, 0) is 62.7 Å². The van der Waals surface area contributed by atoms with Gasteiger partial charge in [-0.3, -0.25) is 0 Å².